The first-order valence-electron chi connectivity index (χ1n) is 6.64. The summed E-state index contributed by atoms with van der Waals surface area (Å²) in [5, 5.41) is 9.09. The number of amides is 2. The van der Waals surface area contributed by atoms with E-state index in [1.807, 2.05) is 0 Å². The van der Waals surface area contributed by atoms with E-state index in [4.69, 9.17) is 5.11 Å². The Balaban J connectivity index is 1.93. The molecule has 0 aromatic heterocycles. The molecule has 2 aliphatic heterocycles. The minimum absolute atomic E-state index is 0.101. The van der Waals surface area contributed by atoms with E-state index in [0.29, 0.717) is 26.1 Å². The maximum absolute atomic E-state index is 12.3. The summed E-state index contributed by atoms with van der Waals surface area (Å²) in [4.78, 5) is 29.0. The van der Waals surface area contributed by atoms with Crippen LogP contribution in [0.5, 0.6) is 0 Å². The third-order valence-electron chi connectivity index (χ3n) is 3.87. The van der Waals surface area contributed by atoms with E-state index in [1.54, 1.807) is 4.90 Å². The monoisotopic (exact) mass is 255 g/mol. The molecule has 0 aromatic rings. The Morgan fingerprint density at radius 3 is 2.39 bits per heavy atom. The van der Waals surface area contributed by atoms with Crippen molar-refractivity contribution in [2.24, 2.45) is 0 Å². The summed E-state index contributed by atoms with van der Waals surface area (Å²) in [6.07, 6.45) is 1.37. The molecule has 0 aliphatic carbocycles. The van der Waals surface area contributed by atoms with Crippen LogP contribution in [0, 0.1) is 0 Å². The molecule has 2 rings (SSSR count). The number of carbonyl (C=O) groups is 2. The molecule has 1 N–H and O–H groups in total. The highest BCUT2D eigenvalue weighted by atomic mass is 16.4. The predicted octanol–water partition coefficient (Wildman–Crippen LogP) is 0.293. The number of aliphatic carboxylic acids is 1. The molecule has 102 valence electrons. The molecule has 2 aliphatic rings. The first kappa shape index (κ1) is 13.1. The standard InChI is InChI=1S/C12H21N3O3/c1-2-13-6-8-14(9-7-13)12(18)15-5-3-4-10(15)11(16)17/h10H,2-9H2,1H3,(H,16,17)/t10-/m0/s1. The number of likely N-dealkylation sites (N-methyl/N-ethyl adjacent to an activating group) is 1. The van der Waals surface area contributed by atoms with Crippen LogP contribution in [0.15, 0.2) is 0 Å². The molecule has 2 saturated heterocycles. The number of nitrogens with zero attached hydrogens (tertiary/aromatic N) is 3. The second-order valence-electron chi connectivity index (χ2n) is 4.89. The molecule has 6 nitrogen and oxygen atoms in total. The van der Waals surface area contributed by atoms with Gasteiger partial charge in [-0.2, -0.15) is 0 Å². The van der Waals surface area contributed by atoms with Crippen LogP contribution < -0.4 is 0 Å². The molecular formula is C12H21N3O3. The van der Waals surface area contributed by atoms with Gasteiger partial charge in [-0.05, 0) is 19.4 Å². The molecule has 0 unspecified atom stereocenters. The maximum Gasteiger partial charge on any atom is 0.326 e. The molecule has 0 spiro atoms. The smallest absolute Gasteiger partial charge is 0.326 e. The highest BCUT2D eigenvalue weighted by molar-refractivity contribution is 5.83. The van der Waals surface area contributed by atoms with Gasteiger partial charge in [0.25, 0.3) is 0 Å². The van der Waals surface area contributed by atoms with Gasteiger partial charge in [-0.15, -0.1) is 0 Å². The van der Waals surface area contributed by atoms with Gasteiger partial charge >= 0.3 is 12.0 Å². The molecule has 0 radical (unpaired) electrons. The molecule has 0 saturated carbocycles. The van der Waals surface area contributed by atoms with Crippen LogP contribution in [0.4, 0.5) is 4.79 Å². The molecule has 2 amide bonds. The van der Waals surface area contributed by atoms with Crippen molar-refractivity contribution in [2.75, 3.05) is 39.3 Å². The van der Waals surface area contributed by atoms with Gasteiger partial charge < -0.3 is 19.8 Å². The van der Waals surface area contributed by atoms with Crippen molar-refractivity contribution in [3.8, 4) is 0 Å². The topological polar surface area (TPSA) is 64.1 Å². The van der Waals surface area contributed by atoms with E-state index >= 15 is 0 Å². The van der Waals surface area contributed by atoms with Crippen molar-refractivity contribution < 1.29 is 14.7 Å². The molecule has 2 heterocycles. The minimum atomic E-state index is -0.881. The summed E-state index contributed by atoms with van der Waals surface area (Å²) in [7, 11) is 0. The Labute approximate surface area is 107 Å². The third kappa shape index (κ3) is 2.58. The van der Waals surface area contributed by atoms with E-state index in [0.717, 1.165) is 26.1 Å². The van der Waals surface area contributed by atoms with Crippen molar-refractivity contribution >= 4 is 12.0 Å². The van der Waals surface area contributed by atoms with Crippen molar-refractivity contribution in [3.05, 3.63) is 0 Å². The Bertz CT molecular complexity index is 327. The van der Waals surface area contributed by atoms with E-state index in [9.17, 15) is 9.59 Å². The fraction of sp³-hybridized carbons (Fsp3) is 0.833. The van der Waals surface area contributed by atoms with Crippen LogP contribution >= 0.6 is 0 Å². The summed E-state index contributed by atoms with van der Waals surface area (Å²) in [5.41, 5.74) is 0. The van der Waals surface area contributed by atoms with Gasteiger partial charge in [0, 0.05) is 32.7 Å². The predicted molar refractivity (Wildman–Crippen MR) is 66.4 cm³/mol. The molecular weight excluding hydrogens is 234 g/mol. The minimum Gasteiger partial charge on any atom is -0.480 e. The number of carboxylic acids is 1. The average Bonchev–Trinajstić information content (AvgIpc) is 2.87. The number of likely N-dealkylation sites (tertiary alicyclic amines) is 1. The van der Waals surface area contributed by atoms with Crippen molar-refractivity contribution in [1.29, 1.82) is 0 Å². The second kappa shape index (κ2) is 5.56. The number of urea groups is 1. The number of carbonyl (C=O) groups excluding carboxylic acids is 1. The van der Waals surface area contributed by atoms with E-state index in [2.05, 4.69) is 11.8 Å². The summed E-state index contributed by atoms with van der Waals surface area (Å²) in [6, 6.07) is -0.725. The summed E-state index contributed by atoms with van der Waals surface area (Å²) in [6.45, 7) is 6.86. The Hall–Kier alpha value is -1.30. The molecule has 2 fully saturated rings. The molecule has 6 heteroatoms. The lowest BCUT2D eigenvalue weighted by molar-refractivity contribution is -0.141. The fourth-order valence-corrected chi connectivity index (χ4v) is 2.69. The van der Waals surface area contributed by atoms with Crippen LogP contribution in [0.1, 0.15) is 19.8 Å². The first-order chi connectivity index (χ1) is 8.63. The molecule has 1 atom stereocenters. The lowest BCUT2D eigenvalue weighted by Gasteiger charge is -2.37. The number of hydrogen-bond acceptors (Lipinski definition) is 3. The quantitative estimate of drug-likeness (QED) is 0.770. The van der Waals surface area contributed by atoms with E-state index in [1.165, 1.54) is 4.90 Å². The van der Waals surface area contributed by atoms with Crippen molar-refractivity contribution in [1.82, 2.24) is 14.7 Å². The van der Waals surface area contributed by atoms with Crippen LogP contribution in [-0.2, 0) is 4.79 Å². The highest BCUT2D eigenvalue weighted by Gasteiger charge is 2.36. The molecule has 0 bridgehead atoms. The van der Waals surface area contributed by atoms with Gasteiger partial charge in [-0.3, -0.25) is 0 Å². The zero-order chi connectivity index (χ0) is 13.1. The number of carboxylic acid groups (broad SMARTS) is 1. The lowest BCUT2D eigenvalue weighted by atomic mass is 10.2. The maximum atomic E-state index is 12.3. The van der Waals surface area contributed by atoms with Gasteiger partial charge in [0.15, 0.2) is 0 Å². The Morgan fingerprint density at radius 2 is 1.83 bits per heavy atom. The van der Waals surface area contributed by atoms with Crippen molar-refractivity contribution in [3.63, 3.8) is 0 Å². The van der Waals surface area contributed by atoms with Gasteiger partial charge in [-0.25, -0.2) is 9.59 Å². The largest absolute Gasteiger partial charge is 0.480 e. The lowest BCUT2D eigenvalue weighted by Crippen LogP contribution is -2.54. The van der Waals surface area contributed by atoms with E-state index < -0.39 is 12.0 Å². The first-order valence-corrected chi connectivity index (χ1v) is 6.64. The van der Waals surface area contributed by atoms with E-state index in [-0.39, 0.29) is 6.03 Å². The third-order valence-corrected chi connectivity index (χ3v) is 3.87. The summed E-state index contributed by atoms with van der Waals surface area (Å²) >= 11 is 0. The van der Waals surface area contributed by atoms with Crippen molar-refractivity contribution in [2.45, 2.75) is 25.8 Å². The average molecular weight is 255 g/mol. The fourth-order valence-electron chi connectivity index (χ4n) is 2.69. The SMILES string of the molecule is CCN1CCN(C(=O)N2CCC[C@H]2C(=O)O)CC1. The number of piperazine rings is 1. The molecule has 18 heavy (non-hydrogen) atoms. The molecule has 0 aromatic carbocycles. The van der Waals surface area contributed by atoms with Gasteiger partial charge in [0.1, 0.15) is 6.04 Å². The summed E-state index contributed by atoms with van der Waals surface area (Å²) < 4.78 is 0. The highest BCUT2D eigenvalue weighted by Crippen LogP contribution is 2.19. The second-order valence-corrected chi connectivity index (χ2v) is 4.89. The van der Waals surface area contributed by atoms with Gasteiger partial charge in [-0.1, -0.05) is 6.92 Å². The van der Waals surface area contributed by atoms with Crippen LogP contribution in [0.3, 0.4) is 0 Å². The zero-order valence-corrected chi connectivity index (χ0v) is 10.8. The zero-order valence-electron chi connectivity index (χ0n) is 10.8. The summed E-state index contributed by atoms with van der Waals surface area (Å²) in [5.74, 6) is -0.881. The van der Waals surface area contributed by atoms with Crippen LogP contribution in [0.2, 0.25) is 0 Å². The van der Waals surface area contributed by atoms with Gasteiger partial charge in [0.05, 0.1) is 0 Å². The Morgan fingerprint density at radius 1 is 1.17 bits per heavy atom. The van der Waals surface area contributed by atoms with Crippen LogP contribution in [-0.4, -0.2) is 77.1 Å². The van der Waals surface area contributed by atoms with Crippen LogP contribution in [0.25, 0.3) is 0 Å². The normalized spacial score (nSPS) is 25.5. The number of hydrogen-bond donors (Lipinski definition) is 1. The van der Waals surface area contributed by atoms with Gasteiger partial charge in [0.2, 0.25) is 0 Å². The Kier molecular flexibility index (Phi) is 4.06. The number of rotatable bonds is 2.